The van der Waals surface area contributed by atoms with Gasteiger partial charge in [-0.15, -0.1) is 11.8 Å². The summed E-state index contributed by atoms with van der Waals surface area (Å²) in [6, 6.07) is 8.95. The van der Waals surface area contributed by atoms with Crippen molar-refractivity contribution in [3.05, 3.63) is 23.8 Å². The molecule has 1 heterocycles. The van der Waals surface area contributed by atoms with Gasteiger partial charge < -0.3 is 5.32 Å². The van der Waals surface area contributed by atoms with Gasteiger partial charge in [0.1, 0.15) is 6.07 Å². The Morgan fingerprint density at radius 3 is 2.76 bits per heavy atom. The van der Waals surface area contributed by atoms with Gasteiger partial charge >= 0.3 is 0 Å². The van der Waals surface area contributed by atoms with Crippen molar-refractivity contribution < 1.29 is 0 Å². The molecule has 0 radical (unpaired) electrons. The molecule has 0 amide bonds. The van der Waals surface area contributed by atoms with Crippen LogP contribution in [0.3, 0.4) is 0 Å². The van der Waals surface area contributed by atoms with E-state index in [0.29, 0.717) is 6.04 Å². The summed E-state index contributed by atoms with van der Waals surface area (Å²) in [5.74, 6) is 0.988. The molecule has 0 saturated carbocycles. The number of nitrogens with one attached hydrogen (secondary N) is 1. The minimum atomic E-state index is 0.513. The van der Waals surface area contributed by atoms with E-state index in [1.807, 2.05) is 18.2 Å². The van der Waals surface area contributed by atoms with Crippen molar-refractivity contribution in [1.82, 2.24) is 4.90 Å². The topological polar surface area (TPSA) is 39.1 Å². The second-order valence-electron chi connectivity index (χ2n) is 5.55. The first-order valence-electron chi connectivity index (χ1n) is 7.90. The molecule has 2 rings (SSSR count). The minimum Gasteiger partial charge on any atom is -0.382 e. The lowest BCUT2D eigenvalue weighted by Gasteiger charge is -2.32. The Kier molecular flexibility index (Phi) is 6.41. The van der Waals surface area contributed by atoms with Gasteiger partial charge in [0, 0.05) is 17.5 Å². The van der Waals surface area contributed by atoms with Crippen LogP contribution in [0.5, 0.6) is 0 Å². The molecule has 1 fully saturated rings. The number of thioether (sulfide) groups is 1. The second kappa shape index (κ2) is 8.31. The molecule has 1 aliphatic heterocycles. The Labute approximate surface area is 132 Å². The maximum absolute atomic E-state index is 9.43. The normalized spacial score (nSPS) is 17.2. The van der Waals surface area contributed by atoms with Crippen LogP contribution >= 0.6 is 11.8 Å². The Hall–Kier alpha value is -1.18. The van der Waals surface area contributed by atoms with Crippen molar-refractivity contribution in [2.75, 3.05) is 30.7 Å². The van der Waals surface area contributed by atoms with Crippen LogP contribution in [0.4, 0.5) is 5.69 Å². The van der Waals surface area contributed by atoms with Crippen LogP contribution in [-0.2, 0) is 0 Å². The number of piperidine rings is 1. The van der Waals surface area contributed by atoms with Gasteiger partial charge in [0.25, 0.3) is 0 Å². The van der Waals surface area contributed by atoms with E-state index in [-0.39, 0.29) is 0 Å². The fourth-order valence-electron chi connectivity index (χ4n) is 2.82. The fraction of sp³-hybridized carbons (Fsp3) is 0.588. The number of rotatable bonds is 6. The molecule has 1 N–H and O–H groups in total. The van der Waals surface area contributed by atoms with Crippen molar-refractivity contribution >= 4 is 17.4 Å². The van der Waals surface area contributed by atoms with Gasteiger partial charge in [-0.05, 0) is 50.7 Å². The molecule has 114 valence electrons. The van der Waals surface area contributed by atoms with Crippen molar-refractivity contribution in [3.63, 3.8) is 0 Å². The largest absolute Gasteiger partial charge is 0.382 e. The smallest absolute Gasteiger partial charge is 0.102 e. The number of nitrogens with zero attached hydrogens (tertiary/aromatic N) is 2. The second-order valence-corrected chi connectivity index (χ2v) is 6.86. The Balaban J connectivity index is 1.99. The third kappa shape index (κ3) is 4.39. The van der Waals surface area contributed by atoms with Gasteiger partial charge in [0.15, 0.2) is 0 Å². The quantitative estimate of drug-likeness (QED) is 0.808. The molecule has 0 bridgehead atoms. The SMILES string of the molecule is CCSc1cccc(NCC(C)N2CCCCC2)c1C#N. The summed E-state index contributed by atoms with van der Waals surface area (Å²) >= 11 is 1.73. The van der Waals surface area contributed by atoms with Crippen molar-refractivity contribution in [3.8, 4) is 6.07 Å². The molecule has 1 aromatic rings. The molecular weight excluding hydrogens is 278 g/mol. The lowest BCUT2D eigenvalue weighted by Crippen LogP contribution is -2.41. The number of nitriles is 1. The van der Waals surface area contributed by atoms with Gasteiger partial charge in [-0.2, -0.15) is 5.26 Å². The van der Waals surface area contributed by atoms with E-state index in [4.69, 9.17) is 0 Å². The lowest BCUT2D eigenvalue weighted by atomic mass is 10.1. The fourth-order valence-corrected chi connectivity index (χ4v) is 3.60. The number of benzene rings is 1. The van der Waals surface area contributed by atoms with Crippen LogP contribution in [0.15, 0.2) is 23.1 Å². The van der Waals surface area contributed by atoms with E-state index in [0.717, 1.165) is 28.4 Å². The first kappa shape index (κ1) is 16.2. The predicted octanol–water partition coefficient (Wildman–Crippen LogP) is 3.96. The maximum atomic E-state index is 9.43. The van der Waals surface area contributed by atoms with Gasteiger partial charge in [0.05, 0.1) is 11.3 Å². The summed E-state index contributed by atoms with van der Waals surface area (Å²) in [5.41, 5.74) is 1.76. The molecule has 0 spiro atoms. The zero-order valence-electron chi connectivity index (χ0n) is 13.1. The van der Waals surface area contributed by atoms with Crippen LogP contribution in [0, 0.1) is 11.3 Å². The first-order chi connectivity index (χ1) is 10.3. The van der Waals surface area contributed by atoms with Crippen LogP contribution < -0.4 is 5.32 Å². The third-order valence-electron chi connectivity index (χ3n) is 4.04. The third-order valence-corrected chi connectivity index (χ3v) is 4.98. The number of likely N-dealkylation sites (tertiary alicyclic amines) is 1. The summed E-state index contributed by atoms with van der Waals surface area (Å²) in [7, 11) is 0. The van der Waals surface area contributed by atoms with E-state index >= 15 is 0 Å². The molecule has 1 saturated heterocycles. The molecule has 0 aliphatic carbocycles. The van der Waals surface area contributed by atoms with Crippen LogP contribution in [0.1, 0.15) is 38.7 Å². The molecule has 1 aromatic carbocycles. The first-order valence-corrected chi connectivity index (χ1v) is 8.88. The molecular formula is C17H25N3S. The average Bonchev–Trinajstić information content (AvgIpc) is 2.54. The highest BCUT2D eigenvalue weighted by Crippen LogP contribution is 2.28. The lowest BCUT2D eigenvalue weighted by molar-refractivity contribution is 0.180. The number of anilines is 1. The molecule has 1 aliphatic rings. The highest BCUT2D eigenvalue weighted by atomic mass is 32.2. The molecule has 3 nitrogen and oxygen atoms in total. The standard InChI is InChI=1S/C17H25N3S/c1-3-21-17-9-7-8-16(15(17)12-18)19-13-14(2)20-10-5-4-6-11-20/h7-9,14,19H,3-6,10-11,13H2,1-2H3. The molecule has 1 atom stereocenters. The van der Waals surface area contributed by atoms with E-state index in [9.17, 15) is 5.26 Å². The van der Waals surface area contributed by atoms with Crippen molar-refractivity contribution in [2.45, 2.75) is 44.0 Å². The predicted molar refractivity (Wildman–Crippen MR) is 90.9 cm³/mol. The maximum Gasteiger partial charge on any atom is 0.102 e. The molecule has 21 heavy (non-hydrogen) atoms. The van der Waals surface area contributed by atoms with Crippen LogP contribution in [-0.4, -0.2) is 36.3 Å². The Bertz CT molecular complexity index is 489. The summed E-state index contributed by atoms with van der Waals surface area (Å²) in [4.78, 5) is 3.63. The summed E-state index contributed by atoms with van der Waals surface area (Å²) < 4.78 is 0. The van der Waals surface area contributed by atoms with E-state index in [1.54, 1.807) is 11.8 Å². The number of hydrogen-bond donors (Lipinski definition) is 1. The Morgan fingerprint density at radius 2 is 2.10 bits per heavy atom. The summed E-state index contributed by atoms with van der Waals surface area (Å²) in [6.45, 7) is 7.70. The minimum absolute atomic E-state index is 0.513. The molecule has 0 aromatic heterocycles. The van der Waals surface area contributed by atoms with Gasteiger partial charge in [-0.25, -0.2) is 0 Å². The number of hydrogen-bond acceptors (Lipinski definition) is 4. The highest BCUT2D eigenvalue weighted by molar-refractivity contribution is 7.99. The van der Waals surface area contributed by atoms with E-state index < -0.39 is 0 Å². The van der Waals surface area contributed by atoms with Crippen molar-refractivity contribution in [2.24, 2.45) is 0 Å². The van der Waals surface area contributed by atoms with Gasteiger partial charge in [0.2, 0.25) is 0 Å². The molecule has 4 heteroatoms. The zero-order valence-corrected chi connectivity index (χ0v) is 13.9. The summed E-state index contributed by atoms with van der Waals surface area (Å²) in [5, 5.41) is 12.9. The molecule has 1 unspecified atom stereocenters. The zero-order chi connectivity index (χ0) is 15.1. The van der Waals surface area contributed by atoms with E-state index in [2.05, 4.69) is 30.1 Å². The summed E-state index contributed by atoms with van der Waals surface area (Å²) in [6.07, 6.45) is 4.00. The average molecular weight is 303 g/mol. The van der Waals surface area contributed by atoms with Crippen LogP contribution in [0.2, 0.25) is 0 Å². The van der Waals surface area contributed by atoms with E-state index in [1.165, 1.54) is 32.4 Å². The highest BCUT2D eigenvalue weighted by Gasteiger charge is 2.17. The monoisotopic (exact) mass is 303 g/mol. The Morgan fingerprint density at radius 1 is 1.33 bits per heavy atom. The van der Waals surface area contributed by atoms with Crippen molar-refractivity contribution in [1.29, 1.82) is 5.26 Å². The van der Waals surface area contributed by atoms with Crippen LogP contribution in [0.25, 0.3) is 0 Å². The van der Waals surface area contributed by atoms with Gasteiger partial charge in [-0.1, -0.05) is 19.4 Å². The van der Waals surface area contributed by atoms with Gasteiger partial charge in [-0.3, -0.25) is 4.90 Å².